The first-order chi connectivity index (χ1) is 7.10. The van der Waals surface area contributed by atoms with Gasteiger partial charge in [0.15, 0.2) is 5.76 Å². The van der Waals surface area contributed by atoms with E-state index in [4.69, 9.17) is 8.83 Å². The predicted molar refractivity (Wildman–Crippen MR) is 59.1 cm³/mol. The van der Waals surface area contributed by atoms with Crippen LogP contribution in [0.25, 0.3) is 0 Å². The van der Waals surface area contributed by atoms with Gasteiger partial charge in [0.05, 0.1) is 0 Å². The van der Waals surface area contributed by atoms with E-state index >= 15 is 0 Å². The van der Waals surface area contributed by atoms with Crippen molar-refractivity contribution in [1.82, 2.24) is 0 Å². The molecule has 1 aromatic heterocycles. The fraction of sp³-hybridized carbons (Fsp3) is 0.750. The molecule has 1 heterocycles. The second-order valence-corrected chi connectivity index (χ2v) is 4.12. The molecular formula is C12H20O3. The fourth-order valence-electron chi connectivity index (χ4n) is 2.16. The second-order valence-electron chi connectivity index (χ2n) is 4.12. The van der Waals surface area contributed by atoms with Crippen molar-refractivity contribution >= 4 is 0 Å². The van der Waals surface area contributed by atoms with Crippen LogP contribution in [0.15, 0.2) is 13.6 Å². The van der Waals surface area contributed by atoms with Gasteiger partial charge in [0.2, 0.25) is 0 Å². The summed E-state index contributed by atoms with van der Waals surface area (Å²) in [5, 5.41) is 0. The SMILES string of the molecule is CCCC(CC)C(C)c1oc(=O)oc1C. The van der Waals surface area contributed by atoms with E-state index in [1.54, 1.807) is 6.92 Å². The van der Waals surface area contributed by atoms with Crippen molar-refractivity contribution in [1.29, 1.82) is 0 Å². The molecule has 86 valence electrons. The van der Waals surface area contributed by atoms with E-state index in [2.05, 4.69) is 20.8 Å². The van der Waals surface area contributed by atoms with Crippen molar-refractivity contribution in [3.8, 4) is 0 Å². The maximum Gasteiger partial charge on any atom is 0.519 e. The summed E-state index contributed by atoms with van der Waals surface area (Å²) in [7, 11) is 0. The predicted octanol–water partition coefficient (Wildman–Crippen LogP) is 3.47. The van der Waals surface area contributed by atoms with Gasteiger partial charge in [-0.1, -0.05) is 40.0 Å². The molecule has 1 aromatic rings. The first-order valence-corrected chi connectivity index (χ1v) is 5.70. The number of rotatable bonds is 5. The zero-order valence-electron chi connectivity index (χ0n) is 10.0. The zero-order valence-corrected chi connectivity index (χ0v) is 10.0. The van der Waals surface area contributed by atoms with Gasteiger partial charge in [0, 0.05) is 5.92 Å². The van der Waals surface area contributed by atoms with Gasteiger partial charge in [0.25, 0.3) is 0 Å². The Morgan fingerprint density at radius 1 is 1.27 bits per heavy atom. The van der Waals surface area contributed by atoms with Crippen LogP contribution in [0.2, 0.25) is 0 Å². The maximum atomic E-state index is 11.0. The minimum absolute atomic E-state index is 0.265. The molecule has 0 amide bonds. The number of aryl methyl sites for hydroxylation is 1. The van der Waals surface area contributed by atoms with Crippen LogP contribution >= 0.6 is 0 Å². The molecule has 0 bridgehead atoms. The minimum atomic E-state index is -0.583. The molecule has 3 nitrogen and oxygen atoms in total. The Kier molecular flexibility index (Phi) is 4.18. The van der Waals surface area contributed by atoms with Crippen LogP contribution in [0.3, 0.4) is 0 Å². The molecule has 3 heteroatoms. The molecular weight excluding hydrogens is 192 g/mol. The summed E-state index contributed by atoms with van der Waals surface area (Å²) in [5.74, 6) is 1.60. The van der Waals surface area contributed by atoms with Gasteiger partial charge in [-0.2, -0.15) is 0 Å². The van der Waals surface area contributed by atoms with E-state index in [9.17, 15) is 4.79 Å². The first-order valence-electron chi connectivity index (χ1n) is 5.70. The van der Waals surface area contributed by atoms with Gasteiger partial charge in [-0.05, 0) is 12.8 Å². The molecule has 0 aliphatic heterocycles. The van der Waals surface area contributed by atoms with Gasteiger partial charge >= 0.3 is 5.82 Å². The third-order valence-corrected chi connectivity index (χ3v) is 3.08. The molecule has 0 saturated carbocycles. The highest BCUT2D eigenvalue weighted by Gasteiger charge is 2.23. The number of hydrogen-bond acceptors (Lipinski definition) is 3. The molecule has 0 spiro atoms. The van der Waals surface area contributed by atoms with Gasteiger partial charge < -0.3 is 8.83 Å². The smallest absolute Gasteiger partial charge is 0.396 e. The quantitative estimate of drug-likeness (QED) is 0.750. The van der Waals surface area contributed by atoms with Gasteiger partial charge in [-0.15, -0.1) is 0 Å². The Hall–Kier alpha value is -0.990. The van der Waals surface area contributed by atoms with Crippen LogP contribution in [0.1, 0.15) is 57.5 Å². The summed E-state index contributed by atoms with van der Waals surface area (Å²) in [6.07, 6.45) is 3.42. The maximum absolute atomic E-state index is 11.0. The standard InChI is InChI=1S/C12H20O3/c1-5-7-10(6-2)8(3)11-9(4)14-12(13)15-11/h8,10H,5-7H2,1-4H3. The molecule has 2 unspecified atom stereocenters. The fourth-order valence-corrected chi connectivity index (χ4v) is 2.16. The van der Waals surface area contributed by atoms with Crippen molar-refractivity contribution in [3.05, 3.63) is 22.1 Å². The lowest BCUT2D eigenvalue weighted by molar-refractivity contribution is 0.322. The third kappa shape index (κ3) is 2.74. The van der Waals surface area contributed by atoms with Crippen LogP contribution in [-0.2, 0) is 0 Å². The van der Waals surface area contributed by atoms with Crippen LogP contribution in [0.5, 0.6) is 0 Å². The highest BCUT2D eigenvalue weighted by molar-refractivity contribution is 5.07. The molecule has 2 atom stereocenters. The Morgan fingerprint density at radius 3 is 2.33 bits per heavy atom. The van der Waals surface area contributed by atoms with Crippen molar-refractivity contribution in [3.63, 3.8) is 0 Å². The van der Waals surface area contributed by atoms with Gasteiger partial charge in [-0.25, -0.2) is 4.79 Å². The summed E-state index contributed by atoms with van der Waals surface area (Å²) >= 11 is 0. The molecule has 1 rings (SSSR count). The Bertz CT molecular complexity index is 348. The highest BCUT2D eigenvalue weighted by Crippen LogP contribution is 2.31. The first kappa shape index (κ1) is 12.1. The van der Waals surface area contributed by atoms with Crippen LogP contribution in [-0.4, -0.2) is 0 Å². The summed E-state index contributed by atoms with van der Waals surface area (Å²) in [6, 6.07) is 0. The monoisotopic (exact) mass is 212 g/mol. The second kappa shape index (κ2) is 5.19. The Morgan fingerprint density at radius 2 is 1.93 bits per heavy atom. The highest BCUT2D eigenvalue weighted by atomic mass is 16.6. The van der Waals surface area contributed by atoms with Crippen molar-refractivity contribution < 1.29 is 8.83 Å². The molecule has 0 fully saturated rings. The molecule has 0 aromatic carbocycles. The third-order valence-electron chi connectivity index (χ3n) is 3.08. The van der Waals surface area contributed by atoms with Crippen LogP contribution in [0.4, 0.5) is 0 Å². The number of hydrogen-bond donors (Lipinski definition) is 0. The summed E-state index contributed by atoms with van der Waals surface area (Å²) in [4.78, 5) is 11.0. The summed E-state index contributed by atoms with van der Waals surface area (Å²) in [6.45, 7) is 8.23. The summed E-state index contributed by atoms with van der Waals surface area (Å²) < 4.78 is 9.97. The molecule has 0 saturated heterocycles. The molecule has 0 aliphatic carbocycles. The van der Waals surface area contributed by atoms with Crippen molar-refractivity contribution in [2.24, 2.45) is 5.92 Å². The lowest BCUT2D eigenvalue weighted by atomic mass is 9.86. The average Bonchev–Trinajstić information content (AvgIpc) is 2.53. The van der Waals surface area contributed by atoms with Crippen molar-refractivity contribution in [2.45, 2.75) is 52.9 Å². The van der Waals surface area contributed by atoms with Gasteiger partial charge in [-0.3, -0.25) is 0 Å². The zero-order chi connectivity index (χ0) is 11.4. The minimum Gasteiger partial charge on any atom is -0.396 e. The van der Waals surface area contributed by atoms with Crippen LogP contribution in [0, 0.1) is 12.8 Å². The Balaban J connectivity index is 2.86. The topological polar surface area (TPSA) is 43.4 Å². The largest absolute Gasteiger partial charge is 0.519 e. The van der Waals surface area contributed by atoms with Crippen molar-refractivity contribution in [2.75, 3.05) is 0 Å². The van der Waals surface area contributed by atoms with E-state index in [-0.39, 0.29) is 5.92 Å². The lowest BCUT2D eigenvalue weighted by Crippen LogP contribution is -2.09. The normalized spacial score (nSPS) is 15.2. The summed E-state index contributed by atoms with van der Waals surface area (Å²) in [5.41, 5.74) is 0. The molecule has 15 heavy (non-hydrogen) atoms. The van der Waals surface area contributed by atoms with E-state index < -0.39 is 5.82 Å². The Labute approximate surface area is 90.5 Å². The van der Waals surface area contributed by atoms with Gasteiger partial charge in [0.1, 0.15) is 5.76 Å². The molecule has 0 N–H and O–H groups in total. The van der Waals surface area contributed by atoms with E-state index in [0.717, 1.165) is 25.0 Å². The van der Waals surface area contributed by atoms with Crippen LogP contribution < -0.4 is 5.82 Å². The lowest BCUT2D eigenvalue weighted by Gasteiger charge is -2.19. The van der Waals surface area contributed by atoms with E-state index in [0.29, 0.717) is 11.7 Å². The molecule has 0 aliphatic rings. The average molecular weight is 212 g/mol. The molecule has 0 radical (unpaired) electrons. The van der Waals surface area contributed by atoms with E-state index in [1.807, 2.05) is 0 Å². The van der Waals surface area contributed by atoms with E-state index in [1.165, 1.54) is 0 Å².